The number of benzene rings is 1. The molecular formula is C13H13F2NO4. The van der Waals surface area contributed by atoms with Crippen LogP contribution in [-0.2, 0) is 14.3 Å². The fraction of sp³-hybridized carbons (Fsp3) is 0.308. The third-order valence-electron chi connectivity index (χ3n) is 2.43. The van der Waals surface area contributed by atoms with E-state index in [4.69, 9.17) is 0 Å². The Hall–Kier alpha value is -2.31. The zero-order chi connectivity index (χ0) is 15.1. The van der Waals surface area contributed by atoms with Crippen molar-refractivity contribution in [2.75, 3.05) is 13.7 Å². The topological polar surface area (TPSA) is 72.5 Å². The molecule has 0 atom stereocenters. The predicted octanol–water partition coefficient (Wildman–Crippen LogP) is 1.22. The quantitative estimate of drug-likeness (QED) is 0.630. The van der Waals surface area contributed by atoms with Gasteiger partial charge < -0.3 is 10.1 Å². The molecule has 0 aliphatic heterocycles. The highest BCUT2D eigenvalue weighted by Gasteiger charge is 2.15. The maximum absolute atomic E-state index is 13.3. The molecule has 1 N–H and O–H groups in total. The molecule has 1 aromatic rings. The summed E-state index contributed by atoms with van der Waals surface area (Å²) in [6, 6.07) is 2.57. The molecule has 0 unspecified atom stereocenters. The lowest BCUT2D eigenvalue weighted by Crippen LogP contribution is -2.25. The van der Waals surface area contributed by atoms with Crippen LogP contribution in [0.5, 0.6) is 0 Å². The number of amides is 1. The standard InChI is InChI=1S/C13H13F2NO4/c1-16-12(18)7-20-13(19)5-4-11(17)9-3-2-8(14)6-10(9)15/h2-3,6H,4-5,7H2,1H3,(H,16,18). The number of carbonyl (C=O) groups excluding carboxylic acids is 3. The largest absolute Gasteiger partial charge is 0.456 e. The zero-order valence-electron chi connectivity index (χ0n) is 10.7. The Kier molecular flexibility index (Phi) is 5.76. The minimum absolute atomic E-state index is 0.283. The highest BCUT2D eigenvalue weighted by atomic mass is 19.1. The van der Waals surface area contributed by atoms with E-state index >= 15 is 0 Å². The van der Waals surface area contributed by atoms with Gasteiger partial charge in [0.05, 0.1) is 12.0 Å². The number of ketones is 1. The lowest BCUT2D eigenvalue weighted by molar-refractivity contribution is -0.148. The lowest BCUT2D eigenvalue weighted by atomic mass is 10.1. The monoisotopic (exact) mass is 285 g/mol. The normalized spacial score (nSPS) is 9.95. The molecule has 0 aromatic heterocycles. The summed E-state index contributed by atoms with van der Waals surface area (Å²) in [5.74, 6) is -3.63. The molecule has 0 aliphatic carbocycles. The highest BCUT2D eigenvalue weighted by molar-refractivity contribution is 5.97. The third-order valence-corrected chi connectivity index (χ3v) is 2.43. The molecule has 0 radical (unpaired) electrons. The summed E-state index contributed by atoms with van der Waals surface area (Å²) in [7, 11) is 1.39. The Balaban J connectivity index is 2.47. The van der Waals surface area contributed by atoms with Gasteiger partial charge in [0.15, 0.2) is 12.4 Å². The van der Waals surface area contributed by atoms with Gasteiger partial charge in [-0.25, -0.2) is 8.78 Å². The molecule has 0 aliphatic rings. The molecule has 0 saturated heterocycles. The first kappa shape index (κ1) is 15.7. The molecular weight excluding hydrogens is 272 g/mol. The minimum atomic E-state index is -0.978. The minimum Gasteiger partial charge on any atom is -0.456 e. The summed E-state index contributed by atoms with van der Waals surface area (Å²) in [6.07, 6.45) is -0.568. The van der Waals surface area contributed by atoms with E-state index in [0.717, 1.165) is 12.1 Å². The Morgan fingerprint density at radius 2 is 1.90 bits per heavy atom. The second-order valence-corrected chi connectivity index (χ2v) is 3.88. The molecule has 0 spiro atoms. The number of rotatable bonds is 6. The van der Waals surface area contributed by atoms with Crippen LogP contribution in [-0.4, -0.2) is 31.3 Å². The van der Waals surface area contributed by atoms with Crippen LogP contribution >= 0.6 is 0 Å². The van der Waals surface area contributed by atoms with Crippen molar-refractivity contribution in [1.82, 2.24) is 5.32 Å². The van der Waals surface area contributed by atoms with Crippen molar-refractivity contribution < 1.29 is 27.9 Å². The van der Waals surface area contributed by atoms with Gasteiger partial charge in [-0.05, 0) is 12.1 Å². The van der Waals surface area contributed by atoms with Gasteiger partial charge in [-0.15, -0.1) is 0 Å². The Morgan fingerprint density at radius 3 is 2.50 bits per heavy atom. The van der Waals surface area contributed by atoms with Gasteiger partial charge in [0.25, 0.3) is 5.91 Å². The molecule has 1 aromatic carbocycles. The van der Waals surface area contributed by atoms with Crippen LogP contribution in [0, 0.1) is 11.6 Å². The molecule has 0 heterocycles. The van der Waals surface area contributed by atoms with E-state index in [-0.39, 0.29) is 18.4 Å². The number of ether oxygens (including phenoxy) is 1. The van der Waals surface area contributed by atoms with Crippen LogP contribution in [0.3, 0.4) is 0 Å². The third kappa shape index (κ3) is 4.75. The molecule has 5 nitrogen and oxygen atoms in total. The second kappa shape index (κ2) is 7.32. The van der Waals surface area contributed by atoms with Gasteiger partial charge in [0.2, 0.25) is 0 Å². The first-order valence-electron chi connectivity index (χ1n) is 5.78. The van der Waals surface area contributed by atoms with E-state index < -0.39 is 35.9 Å². The van der Waals surface area contributed by atoms with E-state index in [1.54, 1.807) is 0 Å². The van der Waals surface area contributed by atoms with Crippen LogP contribution in [0.25, 0.3) is 0 Å². The summed E-state index contributed by atoms with van der Waals surface area (Å²) in [4.78, 5) is 33.7. The van der Waals surface area contributed by atoms with Crippen LogP contribution in [0.2, 0.25) is 0 Å². The molecule has 20 heavy (non-hydrogen) atoms. The highest BCUT2D eigenvalue weighted by Crippen LogP contribution is 2.12. The molecule has 108 valence electrons. The first-order chi connectivity index (χ1) is 9.43. The van der Waals surface area contributed by atoms with Crippen LogP contribution in [0.15, 0.2) is 18.2 Å². The van der Waals surface area contributed by atoms with Crippen molar-refractivity contribution in [2.45, 2.75) is 12.8 Å². The van der Waals surface area contributed by atoms with Crippen molar-refractivity contribution in [1.29, 1.82) is 0 Å². The fourth-order valence-corrected chi connectivity index (χ4v) is 1.36. The molecule has 1 amide bonds. The average molecular weight is 285 g/mol. The SMILES string of the molecule is CNC(=O)COC(=O)CCC(=O)c1ccc(F)cc1F. The van der Waals surface area contributed by atoms with Crippen molar-refractivity contribution in [3.05, 3.63) is 35.4 Å². The summed E-state index contributed by atoms with van der Waals surface area (Å²) >= 11 is 0. The number of likely N-dealkylation sites (N-methyl/N-ethyl adjacent to an activating group) is 1. The summed E-state index contributed by atoms with van der Waals surface area (Å²) in [6.45, 7) is -0.436. The fourth-order valence-electron chi connectivity index (χ4n) is 1.36. The first-order valence-corrected chi connectivity index (χ1v) is 5.78. The number of halogens is 2. The Bertz CT molecular complexity index is 531. The molecule has 0 bridgehead atoms. The van der Waals surface area contributed by atoms with Gasteiger partial charge in [-0.1, -0.05) is 0 Å². The van der Waals surface area contributed by atoms with Crippen molar-refractivity contribution >= 4 is 17.7 Å². The number of carbonyl (C=O) groups is 3. The lowest BCUT2D eigenvalue weighted by Gasteiger charge is -2.04. The van der Waals surface area contributed by atoms with Gasteiger partial charge in [0.1, 0.15) is 11.6 Å². The number of Topliss-reactive ketones (excluding diaryl/α,β-unsaturated/α-hetero) is 1. The van der Waals surface area contributed by atoms with Gasteiger partial charge in [-0.2, -0.15) is 0 Å². The second-order valence-electron chi connectivity index (χ2n) is 3.88. The van der Waals surface area contributed by atoms with Crippen LogP contribution in [0.1, 0.15) is 23.2 Å². The molecule has 7 heteroatoms. The van der Waals surface area contributed by atoms with E-state index in [1.165, 1.54) is 7.05 Å². The van der Waals surface area contributed by atoms with Crippen molar-refractivity contribution in [3.63, 3.8) is 0 Å². The number of nitrogens with one attached hydrogen (secondary N) is 1. The van der Waals surface area contributed by atoms with E-state index in [0.29, 0.717) is 6.07 Å². The zero-order valence-corrected chi connectivity index (χ0v) is 10.7. The van der Waals surface area contributed by atoms with Gasteiger partial charge in [-0.3, -0.25) is 14.4 Å². The maximum Gasteiger partial charge on any atom is 0.306 e. The van der Waals surface area contributed by atoms with Crippen LogP contribution in [0.4, 0.5) is 8.78 Å². The van der Waals surface area contributed by atoms with E-state index in [9.17, 15) is 23.2 Å². The summed E-state index contributed by atoms with van der Waals surface area (Å²) in [5.41, 5.74) is -0.287. The number of hydrogen-bond acceptors (Lipinski definition) is 4. The van der Waals surface area contributed by atoms with Gasteiger partial charge in [0, 0.05) is 19.5 Å². The average Bonchev–Trinajstić information content (AvgIpc) is 2.42. The maximum atomic E-state index is 13.3. The molecule has 0 fully saturated rings. The predicted molar refractivity (Wildman–Crippen MR) is 64.9 cm³/mol. The van der Waals surface area contributed by atoms with Crippen molar-refractivity contribution in [2.24, 2.45) is 0 Å². The summed E-state index contributed by atoms with van der Waals surface area (Å²) < 4.78 is 30.5. The molecule has 1 rings (SSSR count). The smallest absolute Gasteiger partial charge is 0.306 e. The van der Waals surface area contributed by atoms with E-state index in [1.807, 2.05) is 0 Å². The molecule has 0 saturated carbocycles. The number of hydrogen-bond donors (Lipinski definition) is 1. The van der Waals surface area contributed by atoms with E-state index in [2.05, 4.69) is 10.1 Å². The van der Waals surface area contributed by atoms with Crippen molar-refractivity contribution in [3.8, 4) is 0 Å². The Labute approximate surface area is 113 Å². The number of esters is 1. The van der Waals surface area contributed by atoms with Gasteiger partial charge >= 0.3 is 5.97 Å². The van der Waals surface area contributed by atoms with Crippen LogP contribution < -0.4 is 5.32 Å². The summed E-state index contributed by atoms with van der Waals surface area (Å²) in [5, 5.41) is 2.26. The Morgan fingerprint density at radius 1 is 1.20 bits per heavy atom.